The summed E-state index contributed by atoms with van der Waals surface area (Å²) in [6.07, 6.45) is 10.3. The average molecular weight is 425 g/mol. The number of carbonyl (C=O) groups excluding carboxylic acids is 1. The zero-order valence-corrected chi connectivity index (χ0v) is 18.0. The van der Waals surface area contributed by atoms with Gasteiger partial charge in [-0.3, -0.25) is 0 Å². The number of hydrogen-bond acceptors (Lipinski definition) is 5. The van der Waals surface area contributed by atoms with Gasteiger partial charge < -0.3 is 14.8 Å². The molecule has 29 heavy (non-hydrogen) atoms. The second kappa shape index (κ2) is 8.59. The molecule has 0 spiro atoms. The number of amides is 2. The summed E-state index contributed by atoms with van der Waals surface area (Å²) >= 11 is 0. The second-order valence-corrected chi connectivity index (χ2v) is 10.5. The number of rotatable bonds is 3. The lowest BCUT2D eigenvalue weighted by molar-refractivity contribution is 0.190. The topological polar surface area (TPSA) is 100 Å². The van der Waals surface area contributed by atoms with Gasteiger partial charge in [-0.05, 0) is 25.7 Å². The Bertz CT molecular complexity index is 833. The number of nitrogens with one attached hydrogen (secondary N) is 1. The van der Waals surface area contributed by atoms with E-state index >= 15 is 0 Å². The van der Waals surface area contributed by atoms with Gasteiger partial charge in [-0.15, -0.1) is 10.2 Å². The van der Waals surface area contributed by atoms with E-state index in [0.717, 1.165) is 43.8 Å². The Morgan fingerprint density at radius 3 is 2.48 bits per heavy atom. The lowest BCUT2D eigenvalue weighted by Gasteiger charge is -2.33. The van der Waals surface area contributed by atoms with Crippen molar-refractivity contribution in [2.45, 2.75) is 76.4 Å². The van der Waals surface area contributed by atoms with Gasteiger partial charge in [0.05, 0.1) is 12.3 Å². The molecule has 0 aromatic carbocycles. The molecule has 2 amide bonds. The zero-order chi connectivity index (χ0) is 20.4. The minimum absolute atomic E-state index is 0.00703. The first-order valence-electron chi connectivity index (χ1n) is 10.9. The molecule has 0 radical (unpaired) electrons. The standard InChI is InChI=1S/C19H32N6O3S/c1-29(27,28)25-11-6-5-9-16(25)18-22-21-17-10-12-23(13-14-24(17)18)19(26)20-15-7-3-2-4-8-15/h15-16H,2-14H2,1H3,(H,20,26). The fourth-order valence-electron chi connectivity index (χ4n) is 4.87. The molecular weight excluding hydrogens is 392 g/mol. The summed E-state index contributed by atoms with van der Waals surface area (Å²) in [7, 11) is -3.30. The van der Waals surface area contributed by atoms with Crippen LogP contribution >= 0.6 is 0 Å². The van der Waals surface area contributed by atoms with Crippen molar-refractivity contribution in [2.24, 2.45) is 0 Å². The maximum atomic E-state index is 12.7. The predicted octanol–water partition coefficient (Wildman–Crippen LogP) is 1.67. The van der Waals surface area contributed by atoms with E-state index in [-0.39, 0.29) is 12.1 Å². The van der Waals surface area contributed by atoms with E-state index in [9.17, 15) is 13.2 Å². The highest BCUT2D eigenvalue weighted by molar-refractivity contribution is 7.88. The molecule has 1 saturated heterocycles. The molecule has 3 aliphatic rings. The van der Waals surface area contributed by atoms with Crippen molar-refractivity contribution in [1.82, 2.24) is 29.3 Å². The van der Waals surface area contributed by atoms with Gasteiger partial charge in [-0.2, -0.15) is 4.31 Å². The summed E-state index contributed by atoms with van der Waals surface area (Å²) in [5.74, 6) is 1.56. The highest BCUT2D eigenvalue weighted by atomic mass is 32.2. The van der Waals surface area contributed by atoms with Crippen molar-refractivity contribution in [1.29, 1.82) is 0 Å². The lowest BCUT2D eigenvalue weighted by atomic mass is 9.96. The molecule has 2 aliphatic heterocycles. The maximum absolute atomic E-state index is 12.7. The number of carbonyl (C=O) groups is 1. The molecule has 1 N–H and O–H groups in total. The molecule has 1 atom stereocenters. The molecule has 3 heterocycles. The van der Waals surface area contributed by atoms with Gasteiger partial charge in [0.25, 0.3) is 0 Å². The Labute approximate surface area is 172 Å². The SMILES string of the molecule is CS(=O)(=O)N1CCCCC1c1nnc2n1CCN(C(=O)NC1CCCCC1)CC2. The van der Waals surface area contributed by atoms with Crippen molar-refractivity contribution in [2.75, 3.05) is 25.9 Å². The molecule has 162 valence electrons. The van der Waals surface area contributed by atoms with Gasteiger partial charge in [0.15, 0.2) is 5.82 Å². The van der Waals surface area contributed by atoms with E-state index in [2.05, 4.69) is 15.5 Å². The van der Waals surface area contributed by atoms with Crippen LogP contribution < -0.4 is 5.32 Å². The van der Waals surface area contributed by atoms with E-state index < -0.39 is 10.0 Å². The fourth-order valence-corrected chi connectivity index (χ4v) is 5.99. The number of hydrogen-bond donors (Lipinski definition) is 1. The van der Waals surface area contributed by atoms with Crippen molar-refractivity contribution >= 4 is 16.1 Å². The first-order chi connectivity index (χ1) is 13.9. The Balaban J connectivity index is 1.46. The Hall–Kier alpha value is -1.68. The normalized spacial score (nSPS) is 24.7. The van der Waals surface area contributed by atoms with Crippen LogP contribution in [0, 0.1) is 0 Å². The van der Waals surface area contributed by atoms with Crippen LogP contribution in [0.15, 0.2) is 0 Å². The van der Waals surface area contributed by atoms with Crippen LogP contribution in [0.1, 0.15) is 69.1 Å². The van der Waals surface area contributed by atoms with Crippen LogP contribution in [0.25, 0.3) is 0 Å². The largest absolute Gasteiger partial charge is 0.335 e. The fraction of sp³-hybridized carbons (Fsp3) is 0.842. The zero-order valence-electron chi connectivity index (χ0n) is 17.2. The van der Waals surface area contributed by atoms with Crippen LogP contribution in [-0.4, -0.2) is 70.4 Å². The first kappa shape index (κ1) is 20.6. The van der Waals surface area contributed by atoms with Crippen molar-refractivity contribution in [3.63, 3.8) is 0 Å². The summed E-state index contributed by atoms with van der Waals surface area (Å²) in [5, 5.41) is 11.9. The monoisotopic (exact) mass is 424 g/mol. The van der Waals surface area contributed by atoms with E-state index in [0.29, 0.717) is 38.6 Å². The van der Waals surface area contributed by atoms with Gasteiger partial charge in [0.1, 0.15) is 5.82 Å². The van der Waals surface area contributed by atoms with Crippen molar-refractivity contribution in [3.05, 3.63) is 11.6 Å². The molecule has 10 heteroatoms. The smallest absolute Gasteiger partial charge is 0.317 e. The molecule has 1 aromatic heterocycles. The van der Waals surface area contributed by atoms with Gasteiger partial charge in [0, 0.05) is 38.6 Å². The quantitative estimate of drug-likeness (QED) is 0.795. The molecule has 1 saturated carbocycles. The van der Waals surface area contributed by atoms with E-state index in [4.69, 9.17) is 0 Å². The van der Waals surface area contributed by atoms with Gasteiger partial charge in [-0.25, -0.2) is 13.2 Å². The molecule has 9 nitrogen and oxygen atoms in total. The third kappa shape index (κ3) is 4.58. The summed E-state index contributed by atoms with van der Waals surface area (Å²) in [6, 6.07) is 0.0366. The van der Waals surface area contributed by atoms with E-state index in [1.54, 1.807) is 4.31 Å². The van der Waals surface area contributed by atoms with Crippen LogP contribution in [-0.2, 0) is 23.0 Å². The Morgan fingerprint density at radius 2 is 1.72 bits per heavy atom. The third-order valence-electron chi connectivity index (χ3n) is 6.45. The molecule has 1 aliphatic carbocycles. The Morgan fingerprint density at radius 1 is 0.966 bits per heavy atom. The van der Waals surface area contributed by atoms with E-state index in [1.807, 2.05) is 9.47 Å². The highest BCUT2D eigenvalue weighted by Crippen LogP contribution is 2.32. The minimum atomic E-state index is -3.30. The molecule has 4 rings (SSSR count). The van der Waals surface area contributed by atoms with Gasteiger partial charge in [0.2, 0.25) is 10.0 Å². The van der Waals surface area contributed by atoms with Crippen LogP contribution in [0.2, 0.25) is 0 Å². The number of aromatic nitrogens is 3. The third-order valence-corrected chi connectivity index (χ3v) is 7.74. The first-order valence-corrected chi connectivity index (χ1v) is 12.7. The van der Waals surface area contributed by atoms with Crippen LogP contribution in [0.5, 0.6) is 0 Å². The van der Waals surface area contributed by atoms with Crippen molar-refractivity contribution < 1.29 is 13.2 Å². The summed E-state index contributed by atoms with van der Waals surface area (Å²) in [6.45, 7) is 2.32. The maximum Gasteiger partial charge on any atom is 0.317 e. The molecular formula is C19H32N6O3S. The number of sulfonamides is 1. The number of piperidine rings is 1. The number of urea groups is 1. The Kier molecular flexibility index (Phi) is 6.10. The molecule has 0 bridgehead atoms. The lowest BCUT2D eigenvalue weighted by Crippen LogP contribution is -2.46. The van der Waals surface area contributed by atoms with Gasteiger partial charge in [-0.1, -0.05) is 25.7 Å². The minimum Gasteiger partial charge on any atom is -0.335 e. The summed E-state index contributed by atoms with van der Waals surface area (Å²) in [5.41, 5.74) is 0. The highest BCUT2D eigenvalue weighted by Gasteiger charge is 2.35. The van der Waals surface area contributed by atoms with E-state index in [1.165, 1.54) is 25.5 Å². The number of nitrogens with zero attached hydrogens (tertiary/aromatic N) is 5. The number of fused-ring (bicyclic) bond motifs is 1. The average Bonchev–Trinajstić information content (AvgIpc) is 2.99. The summed E-state index contributed by atoms with van der Waals surface area (Å²) < 4.78 is 28.1. The molecule has 1 unspecified atom stereocenters. The van der Waals surface area contributed by atoms with Crippen molar-refractivity contribution in [3.8, 4) is 0 Å². The second-order valence-electron chi connectivity index (χ2n) is 8.53. The summed E-state index contributed by atoms with van der Waals surface area (Å²) in [4.78, 5) is 14.6. The molecule has 2 fully saturated rings. The predicted molar refractivity (Wildman–Crippen MR) is 109 cm³/mol. The van der Waals surface area contributed by atoms with Crippen LogP contribution in [0.4, 0.5) is 4.79 Å². The van der Waals surface area contributed by atoms with Crippen LogP contribution in [0.3, 0.4) is 0 Å². The van der Waals surface area contributed by atoms with Gasteiger partial charge >= 0.3 is 6.03 Å². The molecule has 1 aromatic rings.